The van der Waals surface area contributed by atoms with Crippen LogP contribution in [0.1, 0.15) is 24.1 Å². The van der Waals surface area contributed by atoms with E-state index in [1.54, 1.807) is 6.07 Å². The number of morpholine rings is 1. The van der Waals surface area contributed by atoms with Crippen LogP contribution in [0.4, 0.5) is 11.4 Å². The molecule has 1 atom stereocenters. The van der Waals surface area contributed by atoms with Crippen molar-refractivity contribution in [2.45, 2.75) is 13.0 Å². The first-order chi connectivity index (χ1) is 14.5. The summed E-state index contributed by atoms with van der Waals surface area (Å²) in [6, 6.07) is 15.5. The number of rotatable bonds is 6. The molecule has 1 fully saturated rings. The number of hydrogen-bond acceptors (Lipinski definition) is 6. The molecule has 0 radical (unpaired) electrons. The van der Waals surface area contributed by atoms with Crippen molar-refractivity contribution in [2.24, 2.45) is 0 Å². The molecule has 1 amide bonds. The molecule has 1 heterocycles. The van der Waals surface area contributed by atoms with Gasteiger partial charge in [0.2, 0.25) is 0 Å². The van der Waals surface area contributed by atoms with Gasteiger partial charge in [0.05, 0.1) is 24.2 Å². The zero-order valence-corrected chi connectivity index (χ0v) is 16.6. The third kappa shape index (κ3) is 5.01. The molecular weight excluding hydrogens is 384 g/mol. The minimum atomic E-state index is -0.534. The molecule has 1 aliphatic rings. The fraction of sp³-hybridized carbons (Fsp3) is 0.273. The van der Waals surface area contributed by atoms with Gasteiger partial charge in [0.25, 0.3) is 11.6 Å². The van der Waals surface area contributed by atoms with Crippen LogP contribution in [-0.4, -0.2) is 37.1 Å². The van der Waals surface area contributed by atoms with Crippen molar-refractivity contribution in [3.05, 3.63) is 75.3 Å². The molecule has 0 bridgehead atoms. The van der Waals surface area contributed by atoms with E-state index in [2.05, 4.69) is 5.32 Å². The maximum Gasteiger partial charge on any atom is 0.270 e. The van der Waals surface area contributed by atoms with Crippen LogP contribution >= 0.6 is 0 Å². The number of ether oxygens (including phenoxy) is 1. The molecule has 0 aliphatic carbocycles. The van der Waals surface area contributed by atoms with E-state index in [0.717, 1.165) is 11.3 Å². The van der Waals surface area contributed by atoms with E-state index >= 15 is 0 Å². The molecule has 2 aromatic rings. The van der Waals surface area contributed by atoms with Crippen LogP contribution in [0.15, 0.2) is 54.1 Å². The summed E-state index contributed by atoms with van der Waals surface area (Å²) in [5.74, 6) is -0.534. The molecular formula is C22H22N4O4. The van der Waals surface area contributed by atoms with Gasteiger partial charge in [-0.25, -0.2) is 0 Å². The average molecular weight is 406 g/mol. The van der Waals surface area contributed by atoms with E-state index in [1.807, 2.05) is 48.2 Å². The van der Waals surface area contributed by atoms with Crippen molar-refractivity contribution in [3.63, 3.8) is 0 Å². The van der Waals surface area contributed by atoms with Gasteiger partial charge in [0, 0.05) is 36.5 Å². The summed E-state index contributed by atoms with van der Waals surface area (Å²) in [7, 11) is 0. The van der Waals surface area contributed by atoms with Gasteiger partial charge in [-0.3, -0.25) is 14.9 Å². The number of hydrogen-bond donors (Lipinski definition) is 1. The second-order valence-electron chi connectivity index (χ2n) is 6.88. The van der Waals surface area contributed by atoms with Gasteiger partial charge in [0.1, 0.15) is 11.6 Å². The molecule has 30 heavy (non-hydrogen) atoms. The predicted molar refractivity (Wildman–Crippen MR) is 113 cm³/mol. The van der Waals surface area contributed by atoms with E-state index in [-0.39, 0.29) is 17.3 Å². The summed E-state index contributed by atoms with van der Waals surface area (Å²) in [6.07, 6.45) is 1.41. The summed E-state index contributed by atoms with van der Waals surface area (Å²) in [4.78, 5) is 25.5. The van der Waals surface area contributed by atoms with E-state index in [4.69, 9.17) is 4.74 Å². The maximum absolute atomic E-state index is 12.7. The lowest BCUT2D eigenvalue weighted by Crippen LogP contribution is -2.36. The summed E-state index contributed by atoms with van der Waals surface area (Å²) in [5, 5.41) is 23.6. The molecule has 2 aromatic carbocycles. The van der Waals surface area contributed by atoms with Crippen molar-refractivity contribution >= 4 is 23.4 Å². The molecule has 0 spiro atoms. The summed E-state index contributed by atoms with van der Waals surface area (Å²) in [6.45, 7) is 4.16. The minimum absolute atomic E-state index is 0.103. The second-order valence-corrected chi connectivity index (χ2v) is 6.88. The standard InChI is InChI=1S/C22H22N4O4/c1-16(17-5-3-2-4-6-17)24-22(27)19(15-23)13-18-14-20(26(28)29)7-8-21(18)25-9-11-30-12-10-25/h2-8,13-14,16H,9-12H2,1H3,(H,24,27)/b19-13+/t16-/m0/s1. The number of nitriles is 1. The van der Waals surface area contributed by atoms with E-state index in [1.165, 1.54) is 18.2 Å². The highest BCUT2D eigenvalue weighted by Crippen LogP contribution is 2.28. The molecule has 0 aromatic heterocycles. The smallest absolute Gasteiger partial charge is 0.270 e. The highest BCUT2D eigenvalue weighted by molar-refractivity contribution is 6.02. The Balaban J connectivity index is 1.91. The van der Waals surface area contributed by atoms with Gasteiger partial charge in [-0.2, -0.15) is 5.26 Å². The molecule has 8 heteroatoms. The van der Waals surface area contributed by atoms with Crippen LogP contribution in [0, 0.1) is 21.4 Å². The molecule has 1 saturated heterocycles. The lowest BCUT2D eigenvalue weighted by molar-refractivity contribution is -0.384. The van der Waals surface area contributed by atoms with Crippen LogP contribution < -0.4 is 10.2 Å². The van der Waals surface area contributed by atoms with Gasteiger partial charge in [-0.1, -0.05) is 30.3 Å². The Hall–Kier alpha value is -3.70. The molecule has 8 nitrogen and oxygen atoms in total. The summed E-state index contributed by atoms with van der Waals surface area (Å²) >= 11 is 0. The van der Waals surface area contributed by atoms with Gasteiger partial charge in [0.15, 0.2) is 0 Å². The normalized spacial score (nSPS) is 15.2. The zero-order chi connectivity index (χ0) is 21.5. The van der Waals surface area contributed by atoms with Crippen molar-refractivity contribution in [1.29, 1.82) is 5.26 Å². The second kappa shape index (κ2) is 9.67. The quantitative estimate of drug-likeness (QED) is 0.341. The predicted octanol–water partition coefficient (Wildman–Crippen LogP) is 3.22. The molecule has 154 valence electrons. The molecule has 0 unspecified atom stereocenters. The number of nitro groups is 1. The monoisotopic (exact) mass is 406 g/mol. The average Bonchev–Trinajstić information content (AvgIpc) is 2.78. The van der Waals surface area contributed by atoms with Crippen molar-refractivity contribution < 1.29 is 14.5 Å². The number of nitrogens with one attached hydrogen (secondary N) is 1. The zero-order valence-electron chi connectivity index (χ0n) is 16.6. The van der Waals surface area contributed by atoms with Crippen molar-refractivity contribution in [2.75, 3.05) is 31.2 Å². The molecule has 1 N–H and O–H groups in total. The van der Waals surface area contributed by atoms with Crippen LogP contribution in [0.3, 0.4) is 0 Å². The highest BCUT2D eigenvalue weighted by Gasteiger charge is 2.19. The molecule has 1 aliphatic heterocycles. The van der Waals surface area contributed by atoms with Crippen LogP contribution in [0.5, 0.6) is 0 Å². The number of benzene rings is 2. The number of carbonyl (C=O) groups excluding carboxylic acids is 1. The Bertz CT molecular complexity index is 992. The Labute approximate surface area is 174 Å². The molecule has 3 rings (SSSR count). The third-order valence-corrected chi connectivity index (χ3v) is 4.89. The van der Waals surface area contributed by atoms with E-state index in [0.29, 0.717) is 31.9 Å². The Morgan fingerprint density at radius 3 is 2.60 bits per heavy atom. The Morgan fingerprint density at radius 2 is 1.97 bits per heavy atom. The van der Waals surface area contributed by atoms with Gasteiger partial charge < -0.3 is 15.0 Å². The molecule has 0 saturated carbocycles. The van der Waals surface area contributed by atoms with Crippen LogP contribution in [-0.2, 0) is 9.53 Å². The van der Waals surface area contributed by atoms with E-state index in [9.17, 15) is 20.2 Å². The first-order valence-corrected chi connectivity index (χ1v) is 9.58. The maximum atomic E-state index is 12.7. The van der Waals surface area contributed by atoms with Crippen molar-refractivity contribution in [1.82, 2.24) is 5.32 Å². The number of nitro benzene ring substituents is 1. The number of non-ortho nitro benzene ring substituents is 1. The van der Waals surface area contributed by atoms with Gasteiger partial charge in [-0.15, -0.1) is 0 Å². The third-order valence-electron chi connectivity index (χ3n) is 4.89. The summed E-state index contributed by atoms with van der Waals surface area (Å²) in [5.41, 5.74) is 1.86. The van der Waals surface area contributed by atoms with Crippen molar-refractivity contribution in [3.8, 4) is 6.07 Å². The number of nitrogens with zero attached hydrogens (tertiary/aromatic N) is 3. The lowest BCUT2D eigenvalue weighted by atomic mass is 10.1. The van der Waals surface area contributed by atoms with Gasteiger partial charge >= 0.3 is 0 Å². The summed E-state index contributed by atoms with van der Waals surface area (Å²) < 4.78 is 5.37. The largest absolute Gasteiger partial charge is 0.378 e. The number of anilines is 1. The fourth-order valence-electron chi connectivity index (χ4n) is 3.27. The number of carbonyl (C=O) groups is 1. The number of amides is 1. The highest BCUT2D eigenvalue weighted by atomic mass is 16.6. The van der Waals surface area contributed by atoms with E-state index < -0.39 is 10.8 Å². The first kappa shape index (κ1) is 21.0. The van der Waals surface area contributed by atoms with Crippen LogP contribution in [0.2, 0.25) is 0 Å². The first-order valence-electron chi connectivity index (χ1n) is 9.58. The van der Waals surface area contributed by atoms with Gasteiger partial charge in [-0.05, 0) is 24.6 Å². The topological polar surface area (TPSA) is 108 Å². The SMILES string of the molecule is C[C@H](NC(=O)/C(C#N)=C/c1cc([N+](=O)[O-])ccc1N1CCOCC1)c1ccccc1. The Morgan fingerprint density at radius 1 is 1.27 bits per heavy atom. The fourth-order valence-corrected chi connectivity index (χ4v) is 3.27. The Kier molecular flexibility index (Phi) is 6.78. The van der Waals surface area contributed by atoms with Crippen LogP contribution in [0.25, 0.3) is 6.08 Å². The lowest BCUT2D eigenvalue weighted by Gasteiger charge is -2.30. The minimum Gasteiger partial charge on any atom is -0.378 e.